The Labute approximate surface area is 113 Å². The van der Waals surface area contributed by atoms with E-state index in [9.17, 15) is 0 Å². The number of nitrogens with one attached hydrogen (secondary N) is 2. The van der Waals surface area contributed by atoms with E-state index in [1.165, 1.54) is 57.9 Å². The molecule has 0 aromatic heterocycles. The molecule has 1 heterocycles. The highest BCUT2D eigenvalue weighted by molar-refractivity contribution is 4.93. The molecule has 0 spiro atoms. The monoisotopic (exact) mass is 253 g/mol. The van der Waals surface area contributed by atoms with E-state index < -0.39 is 0 Å². The van der Waals surface area contributed by atoms with Crippen LogP contribution in [0.4, 0.5) is 0 Å². The Bertz CT molecular complexity index is 228. The van der Waals surface area contributed by atoms with Crippen molar-refractivity contribution >= 4 is 0 Å². The van der Waals surface area contributed by atoms with Gasteiger partial charge in [0.25, 0.3) is 0 Å². The third-order valence-corrected chi connectivity index (χ3v) is 4.99. The van der Waals surface area contributed by atoms with Crippen LogP contribution >= 0.6 is 0 Å². The molecular formula is C15H31N3. The van der Waals surface area contributed by atoms with E-state index in [-0.39, 0.29) is 0 Å². The second-order valence-corrected chi connectivity index (χ2v) is 6.46. The SMILES string of the molecule is CN(C)C1(CNCC2CCCCN2)CCCCC1. The quantitative estimate of drug-likeness (QED) is 0.784. The van der Waals surface area contributed by atoms with Crippen molar-refractivity contribution in [2.24, 2.45) is 0 Å². The van der Waals surface area contributed by atoms with E-state index in [0.717, 1.165) is 13.1 Å². The minimum atomic E-state index is 0.424. The summed E-state index contributed by atoms with van der Waals surface area (Å²) >= 11 is 0. The van der Waals surface area contributed by atoms with E-state index in [1.54, 1.807) is 0 Å². The van der Waals surface area contributed by atoms with Gasteiger partial charge in [-0.2, -0.15) is 0 Å². The number of nitrogens with zero attached hydrogens (tertiary/aromatic N) is 1. The molecule has 2 fully saturated rings. The van der Waals surface area contributed by atoms with Crippen molar-refractivity contribution in [1.82, 2.24) is 15.5 Å². The van der Waals surface area contributed by atoms with Crippen LogP contribution < -0.4 is 10.6 Å². The van der Waals surface area contributed by atoms with Crippen molar-refractivity contribution in [3.05, 3.63) is 0 Å². The maximum atomic E-state index is 3.74. The van der Waals surface area contributed by atoms with Crippen molar-refractivity contribution in [1.29, 1.82) is 0 Å². The highest BCUT2D eigenvalue weighted by Gasteiger charge is 2.33. The van der Waals surface area contributed by atoms with Crippen LogP contribution in [0.25, 0.3) is 0 Å². The lowest BCUT2D eigenvalue weighted by molar-refractivity contribution is 0.0977. The maximum Gasteiger partial charge on any atom is 0.0327 e. The van der Waals surface area contributed by atoms with Gasteiger partial charge in [-0.25, -0.2) is 0 Å². The minimum Gasteiger partial charge on any atom is -0.313 e. The summed E-state index contributed by atoms with van der Waals surface area (Å²) in [5.74, 6) is 0. The Balaban J connectivity index is 1.75. The summed E-state index contributed by atoms with van der Waals surface area (Å²) in [6.45, 7) is 3.53. The first-order valence-electron chi connectivity index (χ1n) is 7.84. The minimum absolute atomic E-state index is 0.424. The molecule has 2 N–H and O–H groups in total. The van der Waals surface area contributed by atoms with Crippen molar-refractivity contribution in [2.75, 3.05) is 33.7 Å². The van der Waals surface area contributed by atoms with Crippen LogP contribution in [-0.4, -0.2) is 50.2 Å². The van der Waals surface area contributed by atoms with Gasteiger partial charge in [0.2, 0.25) is 0 Å². The highest BCUT2D eigenvalue weighted by Crippen LogP contribution is 2.31. The number of rotatable bonds is 5. The number of hydrogen-bond acceptors (Lipinski definition) is 3. The molecule has 1 saturated heterocycles. The molecule has 1 aliphatic carbocycles. The second kappa shape index (κ2) is 6.88. The zero-order valence-corrected chi connectivity index (χ0v) is 12.3. The molecule has 3 nitrogen and oxygen atoms in total. The Morgan fingerprint density at radius 3 is 2.50 bits per heavy atom. The smallest absolute Gasteiger partial charge is 0.0327 e. The predicted molar refractivity (Wildman–Crippen MR) is 78.0 cm³/mol. The molecule has 0 aromatic carbocycles. The van der Waals surface area contributed by atoms with Crippen molar-refractivity contribution < 1.29 is 0 Å². The molecule has 2 rings (SSSR count). The average molecular weight is 253 g/mol. The summed E-state index contributed by atoms with van der Waals surface area (Å²) in [5, 5.41) is 7.37. The van der Waals surface area contributed by atoms with Crippen LogP contribution in [0.15, 0.2) is 0 Å². The fraction of sp³-hybridized carbons (Fsp3) is 1.00. The van der Waals surface area contributed by atoms with Gasteiger partial charge in [0.05, 0.1) is 0 Å². The van der Waals surface area contributed by atoms with Crippen molar-refractivity contribution in [2.45, 2.75) is 62.9 Å². The number of hydrogen-bond donors (Lipinski definition) is 2. The largest absolute Gasteiger partial charge is 0.313 e. The third kappa shape index (κ3) is 3.69. The lowest BCUT2D eigenvalue weighted by Gasteiger charge is -2.43. The van der Waals surface area contributed by atoms with E-state index in [4.69, 9.17) is 0 Å². The van der Waals surface area contributed by atoms with Crippen LogP contribution in [0, 0.1) is 0 Å². The third-order valence-electron chi connectivity index (χ3n) is 4.99. The second-order valence-electron chi connectivity index (χ2n) is 6.46. The number of likely N-dealkylation sites (N-methyl/N-ethyl adjacent to an activating group) is 1. The first kappa shape index (κ1) is 14.3. The first-order chi connectivity index (χ1) is 8.73. The Morgan fingerprint density at radius 2 is 1.89 bits per heavy atom. The molecule has 18 heavy (non-hydrogen) atoms. The molecule has 1 unspecified atom stereocenters. The summed E-state index contributed by atoms with van der Waals surface area (Å²) in [6, 6.07) is 0.710. The average Bonchev–Trinajstić information content (AvgIpc) is 2.41. The first-order valence-corrected chi connectivity index (χ1v) is 7.84. The standard InChI is InChI=1S/C15H31N3/c1-18(2)15(9-5-3-6-10-15)13-16-12-14-8-4-7-11-17-14/h14,16-17H,3-13H2,1-2H3. The molecule has 106 valence electrons. The van der Waals surface area contributed by atoms with Crippen molar-refractivity contribution in [3.63, 3.8) is 0 Å². The van der Waals surface area contributed by atoms with Gasteiger partial charge in [-0.1, -0.05) is 25.7 Å². The molecule has 0 amide bonds. The molecule has 1 atom stereocenters. The van der Waals surface area contributed by atoms with Crippen LogP contribution in [0.5, 0.6) is 0 Å². The van der Waals surface area contributed by atoms with Gasteiger partial charge in [0.15, 0.2) is 0 Å². The molecule has 2 aliphatic rings. The molecule has 1 aliphatic heterocycles. The van der Waals surface area contributed by atoms with Gasteiger partial charge < -0.3 is 15.5 Å². The van der Waals surface area contributed by atoms with Gasteiger partial charge in [-0.15, -0.1) is 0 Å². The number of piperidine rings is 1. The molecular weight excluding hydrogens is 222 g/mol. The maximum absolute atomic E-state index is 3.74. The van der Waals surface area contributed by atoms with Crippen LogP contribution in [-0.2, 0) is 0 Å². The summed E-state index contributed by atoms with van der Waals surface area (Å²) in [5.41, 5.74) is 0.424. The zero-order valence-electron chi connectivity index (χ0n) is 12.3. The molecule has 1 saturated carbocycles. The normalized spacial score (nSPS) is 28.5. The molecule has 0 radical (unpaired) electrons. The van der Waals surface area contributed by atoms with Gasteiger partial charge >= 0.3 is 0 Å². The van der Waals surface area contributed by atoms with E-state index >= 15 is 0 Å². The van der Waals surface area contributed by atoms with E-state index in [2.05, 4.69) is 29.6 Å². The molecule has 3 heteroatoms. The topological polar surface area (TPSA) is 27.3 Å². The summed E-state index contributed by atoms with van der Waals surface area (Å²) in [6.07, 6.45) is 11.1. The zero-order chi connectivity index (χ0) is 12.8. The Hall–Kier alpha value is -0.120. The highest BCUT2D eigenvalue weighted by atomic mass is 15.2. The summed E-state index contributed by atoms with van der Waals surface area (Å²) in [7, 11) is 4.51. The fourth-order valence-electron chi connectivity index (χ4n) is 3.57. The van der Waals surface area contributed by atoms with Gasteiger partial charge in [-0.05, 0) is 46.3 Å². The summed E-state index contributed by atoms with van der Waals surface area (Å²) in [4.78, 5) is 2.47. The van der Waals surface area contributed by atoms with Gasteiger partial charge in [0.1, 0.15) is 0 Å². The lowest BCUT2D eigenvalue weighted by Crippen LogP contribution is -2.54. The fourth-order valence-corrected chi connectivity index (χ4v) is 3.57. The predicted octanol–water partition coefficient (Wildman–Crippen LogP) is 1.98. The van der Waals surface area contributed by atoms with Crippen molar-refractivity contribution in [3.8, 4) is 0 Å². The van der Waals surface area contributed by atoms with Gasteiger partial charge in [-0.3, -0.25) is 0 Å². The van der Waals surface area contributed by atoms with E-state index in [1.807, 2.05) is 0 Å². The van der Waals surface area contributed by atoms with Crippen LogP contribution in [0.2, 0.25) is 0 Å². The Morgan fingerprint density at radius 1 is 1.11 bits per heavy atom. The summed E-state index contributed by atoms with van der Waals surface area (Å²) < 4.78 is 0. The van der Waals surface area contributed by atoms with E-state index in [0.29, 0.717) is 11.6 Å². The van der Waals surface area contributed by atoms with Crippen LogP contribution in [0.1, 0.15) is 51.4 Å². The molecule has 0 bridgehead atoms. The van der Waals surface area contributed by atoms with Gasteiger partial charge in [0, 0.05) is 24.7 Å². The Kier molecular flexibility index (Phi) is 5.46. The molecule has 0 aromatic rings. The van der Waals surface area contributed by atoms with Crippen LogP contribution in [0.3, 0.4) is 0 Å². The lowest BCUT2D eigenvalue weighted by atomic mass is 9.80.